The van der Waals surface area contributed by atoms with Crippen LogP contribution in [0.1, 0.15) is 25.8 Å². The van der Waals surface area contributed by atoms with Gasteiger partial charge >= 0.3 is 0 Å². The minimum Gasteiger partial charge on any atom is -0.326 e. The number of nitrogens with one attached hydrogen (secondary N) is 3. The number of amides is 1. The summed E-state index contributed by atoms with van der Waals surface area (Å²) in [6, 6.07) is 9.04. The van der Waals surface area contributed by atoms with Gasteiger partial charge in [0.1, 0.15) is 26.2 Å². The fourth-order valence-corrected chi connectivity index (χ4v) is 3.03. The van der Waals surface area contributed by atoms with Crippen molar-refractivity contribution in [1.29, 1.82) is 5.26 Å². The monoisotopic (exact) mass is 302 g/mol. The molecule has 1 aliphatic heterocycles. The Morgan fingerprint density at radius 3 is 2.45 bits per heavy atom. The molecule has 5 heteroatoms. The van der Waals surface area contributed by atoms with E-state index in [0.29, 0.717) is 5.56 Å². The molecular weight excluding hydrogens is 276 g/mol. The first-order valence-corrected chi connectivity index (χ1v) is 8.13. The topological polar surface area (TPSA) is 61.8 Å². The van der Waals surface area contributed by atoms with E-state index in [1.807, 2.05) is 6.92 Å². The summed E-state index contributed by atoms with van der Waals surface area (Å²) < 4.78 is 0. The molecule has 0 aliphatic carbocycles. The summed E-state index contributed by atoms with van der Waals surface area (Å²) in [6.07, 6.45) is 1.22. The Kier molecular flexibility index (Phi) is 5.93. The molecule has 1 fully saturated rings. The van der Waals surface area contributed by atoms with Gasteiger partial charge < -0.3 is 15.1 Å². The molecule has 1 amide bonds. The quantitative estimate of drug-likeness (QED) is 0.659. The second kappa shape index (κ2) is 7.92. The summed E-state index contributed by atoms with van der Waals surface area (Å²) in [6.45, 7) is 9.86. The van der Waals surface area contributed by atoms with Crippen molar-refractivity contribution in [3.05, 3.63) is 29.8 Å². The molecule has 1 aromatic rings. The molecule has 1 saturated heterocycles. The van der Waals surface area contributed by atoms with Gasteiger partial charge in [-0.3, -0.25) is 4.79 Å². The molecule has 1 aromatic carbocycles. The van der Waals surface area contributed by atoms with Gasteiger partial charge in [-0.2, -0.15) is 5.26 Å². The number of quaternary nitrogens is 2. The third-order valence-electron chi connectivity index (χ3n) is 4.49. The van der Waals surface area contributed by atoms with Crippen LogP contribution < -0.4 is 15.1 Å². The van der Waals surface area contributed by atoms with E-state index in [1.165, 1.54) is 17.9 Å². The van der Waals surface area contributed by atoms with Crippen LogP contribution in [0.5, 0.6) is 0 Å². The first-order chi connectivity index (χ1) is 10.6. The number of nitriles is 1. The molecule has 118 valence electrons. The van der Waals surface area contributed by atoms with Gasteiger partial charge in [-0.05, 0) is 37.6 Å². The number of anilines is 1. The lowest BCUT2D eigenvalue weighted by Gasteiger charge is -2.32. The van der Waals surface area contributed by atoms with Gasteiger partial charge in [0.2, 0.25) is 0 Å². The SMILES string of the molecule is CCC[NH+]1CC[NH+]([C@H](C)C(=O)Nc2ccc(C#N)cc2)CC1. The van der Waals surface area contributed by atoms with Crippen molar-refractivity contribution in [2.45, 2.75) is 26.3 Å². The van der Waals surface area contributed by atoms with Crippen molar-refractivity contribution in [2.75, 3.05) is 38.0 Å². The minimum atomic E-state index is -0.0428. The molecule has 0 aromatic heterocycles. The maximum atomic E-state index is 12.4. The van der Waals surface area contributed by atoms with E-state index in [-0.39, 0.29) is 11.9 Å². The molecule has 0 unspecified atom stereocenters. The molecule has 3 N–H and O–H groups in total. The zero-order chi connectivity index (χ0) is 15.9. The van der Waals surface area contributed by atoms with E-state index in [2.05, 4.69) is 18.3 Å². The number of carbonyl (C=O) groups excluding carboxylic acids is 1. The molecule has 0 radical (unpaired) electrons. The number of hydrogen-bond acceptors (Lipinski definition) is 2. The predicted octanol–water partition coefficient (Wildman–Crippen LogP) is -0.921. The van der Waals surface area contributed by atoms with Crippen LogP contribution >= 0.6 is 0 Å². The molecule has 1 atom stereocenters. The zero-order valence-corrected chi connectivity index (χ0v) is 13.5. The highest BCUT2D eigenvalue weighted by Gasteiger charge is 2.30. The van der Waals surface area contributed by atoms with Crippen LogP contribution in [0, 0.1) is 11.3 Å². The molecular formula is C17H26N4O+2. The maximum Gasteiger partial charge on any atom is 0.282 e. The van der Waals surface area contributed by atoms with Crippen LogP contribution in [0.3, 0.4) is 0 Å². The molecule has 1 aliphatic rings. The Morgan fingerprint density at radius 2 is 1.91 bits per heavy atom. The van der Waals surface area contributed by atoms with E-state index in [9.17, 15) is 4.79 Å². The standard InChI is InChI=1S/C17H24N4O/c1-3-8-20-9-11-21(12-10-20)14(2)17(22)19-16-6-4-15(13-18)5-7-16/h4-7,14H,3,8-12H2,1-2H3,(H,19,22)/p+2/t14-/m1/s1. The van der Waals surface area contributed by atoms with Gasteiger partial charge in [0.25, 0.3) is 5.91 Å². The molecule has 5 nitrogen and oxygen atoms in total. The summed E-state index contributed by atoms with van der Waals surface area (Å²) in [7, 11) is 0. The van der Waals surface area contributed by atoms with Crippen LogP contribution in [0.4, 0.5) is 5.69 Å². The number of carbonyl (C=O) groups is 1. The predicted molar refractivity (Wildman–Crippen MR) is 85.8 cm³/mol. The van der Waals surface area contributed by atoms with Crippen molar-refractivity contribution in [3.8, 4) is 6.07 Å². The average molecular weight is 302 g/mol. The first-order valence-electron chi connectivity index (χ1n) is 8.13. The maximum absolute atomic E-state index is 12.4. The third-order valence-corrected chi connectivity index (χ3v) is 4.49. The van der Waals surface area contributed by atoms with Gasteiger partial charge in [0.05, 0.1) is 18.2 Å². The van der Waals surface area contributed by atoms with E-state index in [1.54, 1.807) is 29.2 Å². The van der Waals surface area contributed by atoms with Crippen LogP contribution in [0.2, 0.25) is 0 Å². The van der Waals surface area contributed by atoms with E-state index >= 15 is 0 Å². The molecule has 0 bridgehead atoms. The number of piperazine rings is 1. The summed E-state index contributed by atoms with van der Waals surface area (Å²) in [5.74, 6) is 0.0543. The summed E-state index contributed by atoms with van der Waals surface area (Å²) in [5.41, 5.74) is 1.36. The molecule has 0 spiro atoms. The Hall–Kier alpha value is -1.90. The van der Waals surface area contributed by atoms with Crippen LogP contribution in [0.15, 0.2) is 24.3 Å². The van der Waals surface area contributed by atoms with Crippen LogP contribution in [0.25, 0.3) is 0 Å². The fraction of sp³-hybridized carbons (Fsp3) is 0.529. The highest BCUT2D eigenvalue weighted by molar-refractivity contribution is 5.93. The van der Waals surface area contributed by atoms with Gasteiger partial charge in [0, 0.05) is 5.69 Å². The lowest BCUT2D eigenvalue weighted by atomic mass is 10.2. The lowest BCUT2D eigenvalue weighted by molar-refractivity contribution is -1.02. The van der Waals surface area contributed by atoms with Gasteiger partial charge in [0.15, 0.2) is 6.04 Å². The van der Waals surface area contributed by atoms with Gasteiger partial charge in [-0.1, -0.05) is 6.92 Å². The normalized spacial score (nSPS) is 22.6. The summed E-state index contributed by atoms with van der Waals surface area (Å²) in [4.78, 5) is 15.4. The summed E-state index contributed by atoms with van der Waals surface area (Å²) in [5, 5.41) is 11.7. The smallest absolute Gasteiger partial charge is 0.282 e. The van der Waals surface area contributed by atoms with Crippen molar-refractivity contribution < 1.29 is 14.6 Å². The van der Waals surface area contributed by atoms with E-state index < -0.39 is 0 Å². The van der Waals surface area contributed by atoms with Gasteiger partial charge in [-0.15, -0.1) is 0 Å². The van der Waals surface area contributed by atoms with Gasteiger partial charge in [-0.25, -0.2) is 0 Å². The Morgan fingerprint density at radius 1 is 1.27 bits per heavy atom. The summed E-state index contributed by atoms with van der Waals surface area (Å²) >= 11 is 0. The highest BCUT2D eigenvalue weighted by atomic mass is 16.2. The minimum absolute atomic E-state index is 0.0428. The number of hydrogen-bond donors (Lipinski definition) is 3. The second-order valence-corrected chi connectivity index (χ2v) is 6.06. The van der Waals surface area contributed by atoms with Crippen LogP contribution in [-0.4, -0.2) is 44.7 Å². The number of benzene rings is 1. The molecule has 1 heterocycles. The van der Waals surface area contributed by atoms with E-state index in [0.717, 1.165) is 31.9 Å². The Balaban J connectivity index is 1.85. The van der Waals surface area contributed by atoms with Crippen LogP contribution in [-0.2, 0) is 4.79 Å². The Bertz CT molecular complexity index is 527. The highest BCUT2D eigenvalue weighted by Crippen LogP contribution is 2.08. The van der Waals surface area contributed by atoms with E-state index in [4.69, 9.17) is 5.26 Å². The van der Waals surface area contributed by atoms with Crippen molar-refractivity contribution in [3.63, 3.8) is 0 Å². The largest absolute Gasteiger partial charge is 0.326 e. The molecule has 22 heavy (non-hydrogen) atoms. The molecule has 0 saturated carbocycles. The molecule has 2 rings (SSSR count). The second-order valence-electron chi connectivity index (χ2n) is 6.06. The van der Waals surface area contributed by atoms with Crippen molar-refractivity contribution >= 4 is 11.6 Å². The Labute approximate surface area is 132 Å². The lowest BCUT2D eigenvalue weighted by Crippen LogP contribution is -3.30. The number of rotatable bonds is 5. The van der Waals surface area contributed by atoms with Crippen molar-refractivity contribution in [1.82, 2.24) is 0 Å². The fourth-order valence-electron chi connectivity index (χ4n) is 3.03. The average Bonchev–Trinajstić information content (AvgIpc) is 2.56. The first kappa shape index (κ1) is 16.5. The zero-order valence-electron chi connectivity index (χ0n) is 13.5. The third kappa shape index (κ3) is 4.30. The van der Waals surface area contributed by atoms with Crippen molar-refractivity contribution in [2.24, 2.45) is 0 Å². The number of nitrogens with zero attached hydrogens (tertiary/aromatic N) is 1.